The fourth-order valence-corrected chi connectivity index (χ4v) is 4.33. The Bertz CT molecular complexity index is 1400. The van der Waals surface area contributed by atoms with Crippen molar-refractivity contribution >= 4 is 38.8 Å². The van der Waals surface area contributed by atoms with E-state index >= 15 is 0 Å². The van der Waals surface area contributed by atoms with Gasteiger partial charge in [-0.15, -0.1) is 0 Å². The van der Waals surface area contributed by atoms with Gasteiger partial charge in [0.2, 0.25) is 0 Å². The van der Waals surface area contributed by atoms with Crippen molar-refractivity contribution < 1.29 is 14.3 Å². The van der Waals surface area contributed by atoms with Crippen molar-refractivity contribution in [1.82, 2.24) is 10.3 Å². The maximum Gasteiger partial charge on any atom is 0.261 e. The molecule has 0 aliphatic carbocycles. The third-order valence-corrected chi connectivity index (χ3v) is 6.10. The van der Waals surface area contributed by atoms with Crippen molar-refractivity contribution in [3.63, 3.8) is 0 Å². The fraction of sp³-hybridized carbons (Fsp3) is 0.143. The summed E-state index contributed by atoms with van der Waals surface area (Å²) in [5.41, 5.74) is 3.85. The van der Waals surface area contributed by atoms with Crippen LogP contribution in [0.4, 0.5) is 0 Å². The summed E-state index contributed by atoms with van der Waals surface area (Å²) < 4.78 is 12.1. The summed E-state index contributed by atoms with van der Waals surface area (Å²) in [5.74, 6) is 0.626. The number of nitrogens with one attached hydrogen (secondary N) is 2. The number of carbonyl (C=O) groups is 1. The molecule has 0 atom stereocenters. The number of para-hydroxylation sites is 1. The lowest BCUT2D eigenvalue weighted by molar-refractivity contribution is -0.117. The van der Waals surface area contributed by atoms with E-state index in [4.69, 9.17) is 9.47 Å². The molecule has 0 fully saturated rings. The Hall–Kier alpha value is -4.02. The van der Waals surface area contributed by atoms with Crippen LogP contribution in [0.5, 0.6) is 11.5 Å². The fourth-order valence-electron chi connectivity index (χ4n) is 3.75. The standard InChI is InChI=1S/C28H24BrN3O3/c1-34-26-15-20(14-24(29)27(26)35-18-19-7-3-2-4-8-19)13-22(16-30)28(33)31-12-11-21-17-32-25-10-6-5-9-23(21)25/h2-10,13-15,17,32H,11-12,18H2,1H3,(H,31,33)/b22-13-. The normalized spacial score (nSPS) is 11.2. The second-order valence-corrected chi connectivity index (χ2v) is 8.70. The van der Waals surface area contributed by atoms with E-state index < -0.39 is 5.91 Å². The minimum absolute atomic E-state index is 0.0100. The molecule has 35 heavy (non-hydrogen) atoms. The zero-order valence-electron chi connectivity index (χ0n) is 19.2. The molecule has 0 unspecified atom stereocenters. The highest BCUT2D eigenvalue weighted by molar-refractivity contribution is 9.10. The lowest BCUT2D eigenvalue weighted by Crippen LogP contribution is -2.26. The van der Waals surface area contributed by atoms with Gasteiger partial charge < -0.3 is 19.8 Å². The van der Waals surface area contributed by atoms with Crippen LogP contribution < -0.4 is 14.8 Å². The van der Waals surface area contributed by atoms with Crippen LogP contribution in [0.3, 0.4) is 0 Å². The van der Waals surface area contributed by atoms with Gasteiger partial charge >= 0.3 is 0 Å². The van der Waals surface area contributed by atoms with Crippen molar-refractivity contribution in [3.8, 4) is 17.6 Å². The number of methoxy groups -OCH3 is 1. The molecule has 1 amide bonds. The number of carbonyl (C=O) groups excluding carboxylic acids is 1. The van der Waals surface area contributed by atoms with Crippen molar-refractivity contribution in [2.45, 2.75) is 13.0 Å². The molecule has 3 aromatic carbocycles. The Morgan fingerprint density at radius 3 is 2.69 bits per heavy atom. The molecule has 1 heterocycles. The molecular formula is C28H24BrN3O3. The van der Waals surface area contributed by atoms with Crippen LogP contribution in [-0.2, 0) is 17.8 Å². The molecule has 2 N–H and O–H groups in total. The summed E-state index contributed by atoms with van der Waals surface area (Å²) in [6.07, 6.45) is 4.14. The van der Waals surface area contributed by atoms with Gasteiger partial charge in [0.1, 0.15) is 18.2 Å². The van der Waals surface area contributed by atoms with Crippen LogP contribution in [-0.4, -0.2) is 24.5 Å². The van der Waals surface area contributed by atoms with Gasteiger partial charge in [-0.1, -0.05) is 48.5 Å². The minimum atomic E-state index is -0.424. The van der Waals surface area contributed by atoms with Gasteiger partial charge in [0, 0.05) is 23.6 Å². The number of H-pyrrole nitrogens is 1. The molecule has 0 aliphatic heterocycles. The summed E-state index contributed by atoms with van der Waals surface area (Å²) >= 11 is 3.52. The monoisotopic (exact) mass is 529 g/mol. The van der Waals surface area contributed by atoms with Gasteiger partial charge in [-0.25, -0.2) is 0 Å². The highest BCUT2D eigenvalue weighted by Crippen LogP contribution is 2.37. The Morgan fingerprint density at radius 2 is 1.91 bits per heavy atom. The highest BCUT2D eigenvalue weighted by atomic mass is 79.9. The van der Waals surface area contributed by atoms with E-state index in [1.807, 2.05) is 66.9 Å². The number of benzene rings is 3. The molecule has 6 nitrogen and oxygen atoms in total. The molecule has 0 spiro atoms. The van der Waals surface area contributed by atoms with Gasteiger partial charge in [0.15, 0.2) is 11.5 Å². The molecule has 4 aromatic rings. The SMILES string of the molecule is COc1cc(/C=C(/C#N)C(=O)NCCc2c[nH]c3ccccc23)cc(Br)c1OCc1ccccc1. The molecule has 4 rings (SSSR count). The molecule has 7 heteroatoms. The van der Waals surface area contributed by atoms with Crippen LogP contribution in [0.1, 0.15) is 16.7 Å². The number of fused-ring (bicyclic) bond motifs is 1. The largest absolute Gasteiger partial charge is 0.493 e. The van der Waals surface area contributed by atoms with Crippen LogP contribution in [0.15, 0.2) is 83.0 Å². The Kier molecular flexibility index (Phi) is 7.86. The maximum absolute atomic E-state index is 12.7. The van der Waals surface area contributed by atoms with E-state index in [0.717, 1.165) is 22.0 Å². The highest BCUT2D eigenvalue weighted by Gasteiger charge is 2.14. The van der Waals surface area contributed by atoms with E-state index in [9.17, 15) is 10.1 Å². The third-order valence-electron chi connectivity index (χ3n) is 5.51. The van der Waals surface area contributed by atoms with Crippen molar-refractivity contribution in [2.24, 2.45) is 0 Å². The Balaban J connectivity index is 1.43. The van der Waals surface area contributed by atoms with Gasteiger partial charge in [-0.05, 0) is 63.3 Å². The summed E-state index contributed by atoms with van der Waals surface area (Å²) in [7, 11) is 1.55. The van der Waals surface area contributed by atoms with Gasteiger partial charge in [-0.3, -0.25) is 4.79 Å². The second-order valence-electron chi connectivity index (χ2n) is 7.84. The number of amides is 1. The van der Waals surface area contributed by atoms with E-state index in [1.54, 1.807) is 19.2 Å². The second kappa shape index (κ2) is 11.4. The first-order valence-electron chi connectivity index (χ1n) is 11.1. The average molecular weight is 530 g/mol. The van der Waals surface area contributed by atoms with E-state index in [-0.39, 0.29) is 5.57 Å². The smallest absolute Gasteiger partial charge is 0.261 e. The topological polar surface area (TPSA) is 87.1 Å². The van der Waals surface area contributed by atoms with E-state index in [1.165, 1.54) is 6.08 Å². The zero-order valence-corrected chi connectivity index (χ0v) is 20.8. The molecule has 176 valence electrons. The number of nitrogens with zero attached hydrogens (tertiary/aromatic N) is 1. The molecule has 0 saturated carbocycles. The first-order valence-corrected chi connectivity index (χ1v) is 11.9. The lowest BCUT2D eigenvalue weighted by Gasteiger charge is -2.14. The minimum Gasteiger partial charge on any atom is -0.493 e. The van der Waals surface area contributed by atoms with Crippen molar-refractivity contribution in [1.29, 1.82) is 5.26 Å². The first-order chi connectivity index (χ1) is 17.1. The Labute approximate surface area is 212 Å². The molecule has 0 aliphatic rings. The molecule has 0 bridgehead atoms. The maximum atomic E-state index is 12.7. The van der Waals surface area contributed by atoms with Crippen molar-refractivity contribution in [3.05, 3.63) is 99.7 Å². The average Bonchev–Trinajstić information content (AvgIpc) is 3.30. The van der Waals surface area contributed by atoms with E-state index in [2.05, 4.69) is 26.2 Å². The number of hydrogen-bond donors (Lipinski definition) is 2. The first kappa shape index (κ1) is 24.1. The summed E-state index contributed by atoms with van der Waals surface area (Å²) in [6.45, 7) is 0.798. The van der Waals surface area contributed by atoms with Gasteiger partial charge in [0.25, 0.3) is 5.91 Å². The molecule has 0 saturated heterocycles. The Morgan fingerprint density at radius 1 is 1.14 bits per heavy atom. The molecular weight excluding hydrogens is 506 g/mol. The zero-order chi connectivity index (χ0) is 24.6. The van der Waals surface area contributed by atoms with Crippen LogP contribution in [0, 0.1) is 11.3 Å². The summed E-state index contributed by atoms with van der Waals surface area (Å²) in [6, 6.07) is 23.4. The van der Waals surface area contributed by atoms with E-state index in [0.29, 0.717) is 41.1 Å². The van der Waals surface area contributed by atoms with Crippen molar-refractivity contribution in [2.75, 3.05) is 13.7 Å². The quantitative estimate of drug-likeness (QED) is 0.212. The summed E-state index contributed by atoms with van der Waals surface area (Å²) in [5, 5.41) is 13.6. The van der Waals surface area contributed by atoms with Gasteiger partial charge in [0.05, 0.1) is 11.6 Å². The number of ether oxygens (including phenoxy) is 2. The number of halogens is 1. The summed E-state index contributed by atoms with van der Waals surface area (Å²) in [4.78, 5) is 15.9. The number of nitriles is 1. The van der Waals surface area contributed by atoms with Gasteiger partial charge in [-0.2, -0.15) is 5.26 Å². The number of aromatic amines is 1. The third kappa shape index (κ3) is 5.92. The predicted octanol–water partition coefficient (Wildman–Crippen LogP) is 5.78. The lowest BCUT2D eigenvalue weighted by atomic mass is 10.1. The number of hydrogen-bond acceptors (Lipinski definition) is 4. The predicted molar refractivity (Wildman–Crippen MR) is 140 cm³/mol. The molecule has 0 radical (unpaired) electrons. The number of rotatable bonds is 9. The number of aromatic nitrogens is 1. The molecule has 1 aromatic heterocycles. The van der Waals surface area contributed by atoms with Crippen LogP contribution in [0.25, 0.3) is 17.0 Å². The van der Waals surface area contributed by atoms with Crippen LogP contribution in [0.2, 0.25) is 0 Å². The van der Waals surface area contributed by atoms with Crippen LogP contribution >= 0.6 is 15.9 Å².